The minimum absolute atomic E-state index is 0.233. The van der Waals surface area contributed by atoms with Crippen LogP contribution in [0, 0.1) is 0 Å². The Hall–Kier alpha value is -2.08. The lowest BCUT2D eigenvalue weighted by Gasteiger charge is -2.30. The summed E-state index contributed by atoms with van der Waals surface area (Å²) in [5, 5.41) is 6.14. The third-order valence-corrected chi connectivity index (χ3v) is 4.59. The average Bonchev–Trinajstić information content (AvgIpc) is 3.16. The lowest BCUT2D eigenvalue weighted by molar-refractivity contribution is 0.0237. The summed E-state index contributed by atoms with van der Waals surface area (Å²) < 4.78 is 10.8. The predicted molar refractivity (Wildman–Crippen MR) is 94.8 cm³/mol. The maximum atomic E-state index is 12.1. The van der Waals surface area contributed by atoms with Crippen LogP contribution in [0.15, 0.2) is 33.7 Å². The normalized spacial score (nSPS) is 15.5. The van der Waals surface area contributed by atoms with E-state index in [9.17, 15) is 4.79 Å². The van der Waals surface area contributed by atoms with Gasteiger partial charge in [-0.2, -0.15) is 0 Å². The van der Waals surface area contributed by atoms with Gasteiger partial charge in [0.2, 0.25) is 0 Å². The van der Waals surface area contributed by atoms with E-state index >= 15 is 0 Å². The van der Waals surface area contributed by atoms with Gasteiger partial charge in [0, 0.05) is 19.2 Å². The highest BCUT2D eigenvalue weighted by atomic mass is 32.1. The number of likely N-dealkylation sites (tertiary alicyclic amines) is 1. The Kier molecular flexibility index (Phi) is 4.76. The van der Waals surface area contributed by atoms with E-state index in [0.717, 1.165) is 29.2 Å². The van der Waals surface area contributed by atoms with Gasteiger partial charge in [0.1, 0.15) is 11.3 Å². The fraction of sp³-hybridized carbons (Fsp3) is 0.444. The molecule has 0 spiro atoms. The van der Waals surface area contributed by atoms with E-state index < -0.39 is 5.60 Å². The summed E-state index contributed by atoms with van der Waals surface area (Å²) in [6.07, 6.45) is 3.50. The van der Waals surface area contributed by atoms with Crippen molar-refractivity contribution in [1.82, 2.24) is 10.1 Å². The molecule has 6 heteroatoms. The van der Waals surface area contributed by atoms with E-state index in [2.05, 4.69) is 11.2 Å². The van der Waals surface area contributed by atoms with Gasteiger partial charge in [-0.1, -0.05) is 16.8 Å². The van der Waals surface area contributed by atoms with Crippen LogP contribution in [0.1, 0.15) is 39.3 Å². The number of thiophene rings is 1. The summed E-state index contributed by atoms with van der Waals surface area (Å²) in [5.74, 6) is 0.794. The molecule has 0 aromatic carbocycles. The maximum Gasteiger partial charge on any atom is 0.410 e. The number of carbonyl (C=O) groups is 1. The molecule has 3 heterocycles. The van der Waals surface area contributed by atoms with Crippen LogP contribution in [0.3, 0.4) is 0 Å². The van der Waals surface area contributed by atoms with Crippen molar-refractivity contribution in [2.75, 3.05) is 13.1 Å². The third kappa shape index (κ3) is 4.26. The van der Waals surface area contributed by atoms with E-state index in [0.29, 0.717) is 13.1 Å². The van der Waals surface area contributed by atoms with Crippen LogP contribution in [0.4, 0.5) is 4.79 Å². The van der Waals surface area contributed by atoms with Crippen LogP contribution in [-0.2, 0) is 4.74 Å². The van der Waals surface area contributed by atoms with Crippen LogP contribution in [0.2, 0.25) is 0 Å². The summed E-state index contributed by atoms with van der Waals surface area (Å²) >= 11 is 1.63. The highest BCUT2D eigenvalue weighted by Crippen LogP contribution is 2.27. The van der Waals surface area contributed by atoms with E-state index in [1.807, 2.05) is 44.4 Å². The molecule has 128 valence electrons. The molecule has 0 unspecified atom stereocenters. The molecule has 1 aliphatic rings. The van der Waals surface area contributed by atoms with Gasteiger partial charge < -0.3 is 14.2 Å². The molecule has 0 saturated carbocycles. The zero-order valence-electron chi connectivity index (χ0n) is 14.2. The molecule has 1 fully saturated rings. The second-order valence-corrected chi connectivity index (χ2v) is 7.81. The van der Waals surface area contributed by atoms with Crippen LogP contribution in [0.5, 0.6) is 0 Å². The Morgan fingerprint density at radius 1 is 1.38 bits per heavy atom. The summed E-state index contributed by atoms with van der Waals surface area (Å²) in [6, 6.07) is 5.97. The standard InChI is InChI=1S/C18H22N2O3S/c1-18(2,3)22-17(21)20-8-6-13(7-9-20)11-14-12-15(23-19-14)16-5-4-10-24-16/h4-5,10-12H,6-9H2,1-3H3. The van der Waals surface area contributed by atoms with Crippen molar-refractivity contribution in [3.8, 4) is 10.6 Å². The first kappa shape index (κ1) is 16.8. The van der Waals surface area contributed by atoms with Crippen LogP contribution in [-0.4, -0.2) is 34.8 Å². The second kappa shape index (κ2) is 6.81. The third-order valence-electron chi connectivity index (χ3n) is 3.70. The zero-order chi connectivity index (χ0) is 17.2. The molecule has 0 bridgehead atoms. The molecule has 0 radical (unpaired) electrons. The van der Waals surface area contributed by atoms with Gasteiger partial charge in [0.15, 0.2) is 5.76 Å². The fourth-order valence-electron chi connectivity index (χ4n) is 2.55. The minimum atomic E-state index is -0.452. The number of rotatable bonds is 2. The maximum absolute atomic E-state index is 12.1. The lowest BCUT2D eigenvalue weighted by Crippen LogP contribution is -2.40. The SMILES string of the molecule is CC(C)(C)OC(=O)N1CCC(=Cc2cc(-c3cccs3)on2)CC1. The van der Waals surface area contributed by atoms with E-state index in [-0.39, 0.29) is 6.09 Å². The molecule has 2 aromatic heterocycles. The molecular formula is C18H22N2O3S. The van der Waals surface area contributed by atoms with Crippen LogP contribution < -0.4 is 0 Å². The van der Waals surface area contributed by atoms with Gasteiger partial charge in [0.05, 0.1) is 4.88 Å². The largest absolute Gasteiger partial charge is 0.444 e. The number of piperidine rings is 1. The molecule has 2 aromatic rings. The van der Waals surface area contributed by atoms with Crippen molar-refractivity contribution in [3.63, 3.8) is 0 Å². The monoisotopic (exact) mass is 346 g/mol. The van der Waals surface area contributed by atoms with Gasteiger partial charge in [-0.3, -0.25) is 0 Å². The highest BCUT2D eigenvalue weighted by Gasteiger charge is 2.24. The second-order valence-electron chi connectivity index (χ2n) is 6.86. The Morgan fingerprint density at radius 2 is 2.12 bits per heavy atom. The molecule has 0 atom stereocenters. The molecular weight excluding hydrogens is 324 g/mol. The van der Waals surface area contributed by atoms with E-state index in [1.54, 1.807) is 16.2 Å². The first-order chi connectivity index (χ1) is 11.4. The number of amides is 1. The number of nitrogens with zero attached hydrogens (tertiary/aromatic N) is 2. The molecule has 5 nitrogen and oxygen atoms in total. The summed E-state index contributed by atoms with van der Waals surface area (Å²) in [6.45, 7) is 7.01. The average molecular weight is 346 g/mol. The summed E-state index contributed by atoms with van der Waals surface area (Å²) in [4.78, 5) is 14.9. The van der Waals surface area contributed by atoms with Crippen molar-refractivity contribution in [1.29, 1.82) is 0 Å². The Balaban J connectivity index is 1.58. The lowest BCUT2D eigenvalue weighted by atomic mass is 10.0. The van der Waals surface area contributed by atoms with E-state index in [4.69, 9.17) is 9.26 Å². The van der Waals surface area contributed by atoms with Gasteiger partial charge in [-0.05, 0) is 51.1 Å². The number of aromatic nitrogens is 1. The van der Waals surface area contributed by atoms with Crippen molar-refractivity contribution < 1.29 is 14.1 Å². The van der Waals surface area contributed by atoms with Gasteiger partial charge in [-0.25, -0.2) is 4.79 Å². The molecule has 3 rings (SSSR count). The zero-order valence-corrected chi connectivity index (χ0v) is 15.1. The first-order valence-corrected chi connectivity index (χ1v) is 8.97. The highest BCUT2D eigenvalue weighted by molar-refractivity contribution is 7.13. The molecule has 1 aliphatic heterocycles. The minimum Gasteiger partial charge on any atom is -0.444 e. The molecule has 1 amide bonds. The van der Waals surface area contributed by atoms with Crippen molar-refractivity contribution in [2.45, 2.75) is 39.2 Å². The first-order valence-electron chi connectivity index (χ1n) is 8.09. The van der Waals surface area contributed by atoms with Crippen LogP contribution in [0.25, 0.3) is 16.7 Å². The number of hydrogen-bond donors (Lipinski definition) is 0. The smallest absolute Gasteiger partial charge is 0.410 e. The van der Waals surface area contributed by atoms with Gasteiger partial charge >= 0.3 is 6.09 Å². The molecule has 1 saturated heterocycles. The predicted octanol–water partition coefficient (Wildman–Crippen LogP) is 4.82. The molecule has 24 heavy (non-hydrogen) atoms. The topological polar surface area (TPSA) is 55.6 Å². The van der Waals surface area contributed by atoms with Gasteiger partial charge in [-0.15, -0.1) is 11.3 Å². The molecule has 0 N–H and O–H groups in total. The molecule has 0 aliphatic carbocycles. The van der Waals surface area contributed by atoms with Crippen LogP contribution >= 0.6 is 11.3 Å². The quantitative estimate of drug-likeness (QED) is 0.782. The van der Waals surface area contributed by atoms with Crippen molar-refractivity contribution in [2.24, 2.45) is 0 Å². The summed E-state index contributed by atoms with van der Waals surface area (Å²) in [7, 11) is 0. The summed E-state index contributed by atoms with van der Waals surface area (Å²) in [5.41, 5.74) is 1.66. The Labute approximate surface area is 145 Å². The Morgan fingerprint density at radius 3 is 2.75 bits per heavy atom. The van der Waals surface area contributed by atoms with Crippen molar-refractivity contribution in [3.05, 3.63) is 34.8 Å². The Bertz CT molecular complexity index is 716. The fourth-order valence-corrected chi connectivity index (χ4v) is 3.22. The van der Waals surface area contributed by atoms with Gasteiger partial charge in [0.25, 0.3) is 0 Å². The number of ether oxygens (including phenoxy) is 1. The number of hydrogen-bond acceptors (Lipinski definition) is 5. The van der Waals surface area contributed by atoms with Crippen molar-refractivity contribution >= 4 is 23.5 Å². The van der Waals surface area contributed by atoms with E-state index in [1.165, 1.54) is 5.57 Å². The number of carbonyl (C=O) groups excluding carboxylic acids is 1.